The Kier molecular flexibility index (Phi) is 12.4. The van der Waals surface area contributed by atoms with Gasteiger partial charge in [0.05, 0.1) is 37.3 Å². The Morgan fingerprint density at radius 1 is 0.458 bits per heavy atom. The van der Waals surface area contributed by atoms with Crippen molar-refractivity contribution >= 4 is 8.32 Å². The number of nitrogens with zero attached hydrogens (tertiary/aromatic N) is 4. The van der Waals surface area contributed by atoms with E-state index in [4.69, 9.17) is 9.41 Å². The minimum absolute atomic E-state index is 0.0819. The molecule has 0 aliphatic rings. The summed E-state index contributed by atoms with van der Waals surface area (Å²) in [5.74, 6) is 0. The first kappa shape index (κ1) is 41.1. The van der Waals surface area contributed by atoms with Crippen molar-refractivity contribution in [2.45, 2.75) is 63.2 Å². The van der Waals surface area contributed by atoms with Gasteiger partial charge in [-0.05, 0) is 51.5 Å². The molecule has 2 aromatic heterocycles. The zero-order valence-electron chi connectivity index (χ0n) is 34.7. The molecule has 0 aliphatic carbocycles. The van der Waals surface area contributed by atoms with E-state index in [1.54, 1.807) is 6.33 Å². The molecule has 0 fully saturated rings. The van der Waals surface area contributed by atoms with E-state index >= 15 is 0 Å². The molecular formula is C52H54N4O2Si. The van der Waals surface area contributed by atoms with Crippen LogP contribution in [0.25, 0.3) is 0 Å². The topological polar surface area (TPSA) is 65.1 Å². The first-order valence-corrected chi connectivity index (χ1v) is 23.2. The van der Waals surface area contributed by atoms with Crippen molar-refractivity contribution in [3.63, 3.8) is 0 Å². The minimum Gasteiger partial charge on any atom is -0.411 e. The van der Waals surface area contributed by atoms with Crippen molar-refractivity contribution in [2.75, 3.05) is 0 Å². The lowest BCUT2D eigenvalue weighted by molar-refractivity contribution is 0.272. The fraction of sp³-hybridized carbons (Fsp3) is 0.192. The van der Waals surface area contributed by atoms with Crippen LogP contribution in [-0.2, 0) is 28.7 Å². The summed E-state index contributed by atoms with van der Waals surface area (Å²) < 4.78 is 10.8. The van der Waals surface area contributed by atoms with Gasteiger partial charge in [0.1, 0.15) is 11.1 Å². The Morgan fingerprint density at radius 3 is 0.983 bits per heavy atom. The second-order valence-corrected chi connectivity index (χ2v) is 21.2. The highest BCUT2D eigenvalue weighted by molar-refractivity contribution is 6.74. The lowest BCUT2D eigenvalue weighted by atomic mass is 9.77. The molecule has 0 amide bonds. The number of aliphatic hydroxyl groups excluding tert-OH is 1. The number of aliphatic hydroxyl groups is 1. The van der Waals surface area contributed by atoms with Crippen LogP contribution < -0.4 is 0 Å². The number of hydrogen-bond acceptors (Lipinski definition) is 4. The number of benzene rings is 6. The molecule has 0 aliphatic heterocycles. The van der Waals surface area contributed by atoms with Gasteiger partial charge >= 0.3 is 0 Å². The molecule has 1 N–H and O–H groups in total. The molecule has 0 spiro atoms. The summed E-state index contributed by atoms with van der Waals surface area (Å²) >= 11 is 0. The number of imidazole rings is 2. The summed E-state index contributed by atoms with van der Waals surface area (Å²) in [6, 6.07) is 63.3. The summed E-state index contributed by atoms with van der Waals surface area (Å²) in [4.78, 5) is 9.19. The van der Waals surface area contributed by atoms with E-state index in [1.165, 1.54) is 16.7 Å². The van der Waals surface area contributed by atoms with E-state index in [-0.39, 0.29) is 11.6 Å². The molecule has 7 heteroatoms. The number of aromatic nitrogens is 4. The van der Waals surface area contributed by atoms with Gasteiger partial charge in [0.25, 0.3) is 0 Å². The van der Waals surface area contributed by atoms with E-state index in [0.29, 0.717) is 12.3 Å². The van der Waals surface area contributed by atoms with Crippen molar-refractivity contribution in [1.82, 2.24) is 19.1 Å². The van der Waals surface area contributed by atoms with E-state index < -0.39 is 19.4 Å². The molecule has 6 aromatic carbocycles. The second-order valence-electron chi connectivity index (χ2n) is 16.4. The van der Waals surface area contributed by atoms with Crippen molar-refractivity contribution in [2.24, 2.45) is 0 Å². The maximum Gasteiger partial charge on any atom is 0.192 e. The maximum atomic E-state index is 9.55. The highest BCUT2D eigenvalue weighted by Gasteiger charge is 2.40. The van der Waals surface area contributed by atoms with E-state index in [0.717, 1.165) is 22.4 Å². The van der Waals surface area contributed by atoms with Crippen molar-refractivity contribution < 1.29 is 9.53 Å². The largest absolute Gasteiger partial charge is 0.411 e. The standard InChI is InChI=1S/C29H34N2OSi.C23H20N2O/c1-28(2,3)33(4,5)32-22-27-21-31(23-30-27)29(24-15-9-6-10-16-24,25-17-11-7-12-18-25)26-19-13-8-14-20-26;26-17-22-16-25(18-24-22)23(19-10-4-1-5-11-19,20-12-6-2-7-13-20)21-14-8-3-9-15-21/h6-21,23H,22H2,1-5H3;1-16,18,26H,17H2. The lowest BCUT2D eigenvalue weighted by Gasteiger charge is -2.37. The van der Waals surface area contributed by atoms with Crippen LogP contribution in [0.3, 0.4) is 0 Å². The molecule has 0 saturated carbocycles. The molecular weight excluding hydrogens is 741 g/mol. The first-order valence-electron chi connectivity index (χ1n) is 20.3. The molecule has 2 heterocycles. The van der Waals surface area contributed by atoms with E-state index in [9.17, 15) is 5.11 Å². The Balaban J connectivity index is 0.000000184. The smallest absolute Gasteiger partial charge is 0.192 e. The Hall–Kier alpha value is -6.12. The fourth-order valence-corrected chi connectivity index (χ4v) is 8.63. The fourth-order valence-electron chi connectivity index (χ4n) is 7.69. The van der Waals surface area contributed by atoms with Gasteiger partial charge in [0.2, 0.25) is 0 Å². The predicted octanol–water partition coefficient (Wildman–Crippen LogP) is 11.5. The van der Waals surface area contributed by atoms with Gasteiger partial charge in [-0.1, -0.05) is 203 Å². The molecule has 8 aromatic rings. The zero-order chi connectivity index (χ0) is 41.4. The zero-order valence-corrected chi connectivity index (χ0v) is 35.7. The van der Waals surface area contributed by atoms with Crippen LogP contribution in [-0.4, -0.2) is 32.5 Å². The molecule has 6 nitrogen and oxygen atoms in total. The van der Waals surface area contributed by atoms with Gasteiger partial charge in [-0.2, -0.15) is 0 Å². The van der Waals surface area contributed by atoms with E-state index in [1.807, 2.05) is 30.7 Å². The van der Waals surface area contributed by atoms with Crippen LogP contribution >= 0.6 is 0 Å². The van der Waals surface area contributed by atoms with Gasteiger partial charge in [-0.15, -0.1) is 0 Å². The summed E-state index contributed by atoms with van der Waals surface area (Å²) in [6.07, 6.45) is 7.84. The van der Waals surface area contributed by atoms with Crippen molar-refractivity contribution in [1.29, 1.82) is 0 Å². The van der Waals surface area contributed by atoms with Crippen LogP contribution in [0.2, 0.25) is 18.1 Å². The Morgan fingerprint density at radius 2 is 0.729 bits per heavy atom. The average Bonchev–Trinajstić information content (AvgIpc) is 3.97. The average molecular weight is 795 g/mol. The molecule has 0 radical (unpaired) electrons. The van der Waals surface area contributed by atoms with Crippen LogP contribution in [0, 0.1) is 0 Å². The quantitative estimate of drug-likeness (QED) is 0.0988. The summed E-state index contributed by atoms with van der Waals surface area (Å²) in [5, 5.41) is 9.72. The van der Waals surface area contributed by atoms with Crippen LogP contribution in [0.4, 0.5) is 0 Å². The maximum absolute atomic E-state index is 9.55. The van der Waals surface area contributed by atoms with Gasteiger partial charge in [0.15, 0.2) is 8.32 Å². The summed E-state index contributed by atoms with van der Waals surface area (Å²) in [6.45, 7) is 11.8. The molecule has 0 atom stereocenters. The Labute approximate surface area is 350 Å². The SMILES string of the molecule is CC(C)(C)[Si](C)(C)OCc1cn(C(c2ccccc2)(c2ccccc2)c2ccccc2)cn1.OCc1cn(C(c2ccccc2)(c2ccccc2)c2ccccc2)cn1. The summed E-state index contributed by atoms with van der Waals surface area (Å²) in [7, 11) is -1.87. The minimum atomic E-state index is -1.87. The van der Waals surface area contributed by atoms with E-state index in [2.05, 4.69) is 218 Å². The second kappa shape index (κ2) is 17.8. The van der Waals surface area contributed by atoms with Gasteiger partial charge in [-0.25, -0.2) is 9.97 Å². The monoisotopic (exact) mass is 794 g/mol. The number of rotatable bonds is 12. The Bertz CT molecular complexity index is 2290. The highest BCUT2D eigenvalue weighted by Crippen LogP contribution is 2.43. The van der Waals surface area contributed by atoms with Crippen LogP contribution in [0.5, 0.6) is 0 Å². The highest BCUT2D eigenvalue weighted by atomic mass is 28.4. The van der Waals surface area contributed by atoms with Gasteiger partial charge in [0, 0.05) is 12.4 Å². The predicted molar refractivity (Wildman–Crippen MR) is 242 cm³/mol. The molecule has 8 rings (SSSR count). The normalized spacial score (nSPS) is 12.1. The third kappa shape index (κ3) is 8.28. The van der Waals surface area contributed by atoms with Crippen LogP contribution in [0.15, 0.2) is 207 Å². The molecule has 0 saturated heterocycles. The lowest BCUT2D eigenvalue weighted by Crippen LogP contribution is -2.40. The van der Waals surface area contributed by atoms with Gasteiger partial charge < -0.3 is 18.7 Å². The third-order valence-electron chi connectivity index (χ3n) is 11.7. The molecule has 298 valence electrons. The first-order chi connectivity index (χ1) is 28.6. The number of hydrogen-bond donors (Lipinski definition) is 1. The molecule has 59 heavy (non-hydrogen) atoms. The third-order valence-corrected chi connectivity index (χ3v) is 16.2. The van der Waals surface area contributed by atoms with Crippen LogP contribution in [0.1, 0.15) is 65.5 Å². The van der Waals surface area contributed by atoms with Crippen molar-refractivity contribution in [3.8, 4) is 0 Å². The van der Waals surface area contributed by atoms with Crippen molar-refractivity contribution in [3.05, 3.63) is 252 Å². The molecule has 0 bridgehead atoms. The molecule has 0 unspecified atom stereocenters. The summed E-state index contributed by atoms with van der Waals surface area (Å²) in [5.41, 5.74) is 7.49. The van der Waals surface area contributed by atoms with Gasteiger partial charge in [-0.3, -0.25) is 0 Å².